The summed E-state index contributed by atoms with van der Waals surface area (Å²) < 4.78 is 0. The molecule has 1 aromatic carbocycles. The van der Waals surface area contributed by atoms with Gasteiger partial charge < -0.3 is 0 Å². The average Bonchev–Trinajstić information content (AvgIpc) is 2.58. The molecular formula is C26H34O3. The highest BCUT2D eigenvalue weighted by Gasteiger charge is 2.47. The number of benzene rings is 1. The molecule has 0 amide bonds. The van der Waals surface area contributed by atoms with Crippen LogP contribution in [0.4, 0.5) is 0 Å². The lowest BCUT2D eigenvalue weighted by Gasteiger charge is -2.43. The molecule has 1 aliphatic carbocycles. The van der Waals surface area contributed by atoms with Gasteiger partial charge in [0.1, 0.15) is 5.60 Å². The molecule has 0 N–H and O–H groups in total. The lowest BCUT2D eigenvalue weighted by Crippen LogP contribution is -2.47. The van der Waals surface area contributed by atoms with E-state index in [9.17, 15) is 4.79 Å². The van der Waals surface area contributed by atoms with Crippen molar-refractivity contribution in [3.8, 4) is 11.8 Å². The number of carbonyl (C=O) groups excluding carboxylic acids is 1. The monoisotopic (exact) mass is 394 g/mol. The number of hydrogen-bond acceptors (Lipinski definition) is 3. The van der Waals surface area contributed by atoms with E-state index in [-0.39, 0.29) is 16.6 Å². The van der Waals surface area contributed by atoms with E-state index in [1.807, 2.05) is 84.0 Å². The lowest BCUT2D eigenvalue weighted by molar-refractivity contribution is -0.398. The summed E-state index contributed by atoms with van der Waals surface area (Å²) in [5.74, 6) is 6.16. The second kappa shape index (κ2) is 7.94. The van der Waals surface area contributed by atoms with Crippen molar-refractivity contribution in [2.75, 3.05) is 0 Å². The van der Waals surface area contributed by atoms with Gasteiger partial charge in [-0.05, 0) is 50.5 Å². The molecule has 3 heteroatoms. The first-order valence-corrected chi connectivity index (χ1v) is 10.1. The summed E-state index contributed by atoms with van der Waals surface area (Å²) in [4.78, 5) is 25.1. The number of ketones is 1. The fourth-order valence-corrected chi connectivity index (χ4v) is 2.86. The zero-order chi connectivity index (χ0) is 22.1. The Morgan fingerprint density at radius 2 is 1.41 bits per heavy atom. The van der Waals surface area contributed by atoms with E-state index in [0.717, 1.165) is 5.56 Å². The Morgan fingerprint density at radius 3 is 1.90 bits per heavy atom. The second-order valence-corrected chi connectivity index (χ2v) is 10.6. The Morgan fingerprint density at radius 1 is 0.828 bits per heavy atom. The quantitative estimate of drug-likeness (QED) is 0.348. The minimum atomic E-state index is -0.919. The number of Topliss-reactive ketones (excluding diaryl/α,β-unsaturated/α-hetero) is 1. The van der Waals surface area contributed by atoms with Gasteiger partial charge in [0.05, 0.1) is 11.2 Å². The van der Waals surface area contributed by atoms with E-state index >= 15 is 0 Å². The molecule has 1 unspecified atom stereocenters. The minimum absolute atomic E-state index is 0.0554. The third-order valence-corrected chi connectivity index (χ3v) is 4.73. The summed E-state index contributed by atoms with van der Waals surface area (Å²) in [5.41, 5.74) is -0.141. The van der Waals surface area contributed by atoms with Crippen molar-refractivity contribution in [2.45, 2.75) is 73.5 Å². The third-order valence-electron chi connectivity index (χ3n) is 4.73. The number of carbonyl (C=O) groups is 1. The Bertz CT molecular complexity index is 872. The van der Waals surface area contributed by atoms with Gasteiger partial charge in [0.2, 0.25) is 0 Å². The maximum absolute atomic E-state index is 13.3. The normalized spacial score (nSPS) is 20.5. The van der Waals surface area contributed by atoms with Crippen molar-refractivity contribution in [1.29, 1.82) is 0 Å². The van der Waals surface area contributed by atoms with E-state index in [0.29, 0.717) is 11.1 Å². The van der Waals surface area contributed by atoms with Gasteiger partial charge in [0.15, 0.2) is 5.78 Å². The fraction of sp³-hybridized carbons (Fsp3) is 0.500. The van der Waals surface area contributed by atoms with Crippen molar-refractivity contribution in [3.05, 3.63) is 59.2 Å². The molecule has 0 saturated heterocycles. The van der Waals surface area contributed by atoms with Gasteiger partial charge in [-0.15, -0.1) is 0 Å². The second-order valence-electron chi connectivity index (χ2n) is 10.6. The van der Waals surface area contributed by atoms with Gasteiger partial charge in [-0.25, -0.2) is 9.78 Å². The molecular weight excluding hydrogens is 360 g/mol. The van der Waals surface area contributed by atoms with Crippen LogP contribution in [0.15, 0.2) is 53.6 Å². The summed E-state index contributed by atoms with van der Waals surface area (Å²) in [5, 5.41) is 0. The highest BCUT2D eigenvalue weighted by molar-refractivity contribution is 6.13. The average molecular weight is 395 g/mol. The Hall–Kier alpha value is -2.15. The third kappa shape index (κ3) is 5.69. The lowest BCUT2D eigenvalue weighted by atomic mass is 9.67. The molecule has 0 radical (unpaired) electrons. The number of allylic oxidation sites excluding steroid dienone is 2. The SMILES string of the molecule is CC(C)(C)OOC1(C(C)(C)C)C=C(C#Cc2ccccc2)C(=O)C(C(C)(C)C)=C1. The van der Waals surface area contributed by atoms with E-state index in [4.69, 9.17) is 9.78 Å². The summed E-state index contributed by atoms with van der Waals surface area (Å²) in [6.45, 7) is 18.1. The first-order chi connectivity index (χ1) is 13.1. The molecule has 0 heterocycles. The van der Waals surface area contributed by atoms with E-state index in [1.54, 1.807) is 0 Å². The summed E-state index contributed by atoms with van der Waals surface area (Å²) in [6, 6.07) is 9.66. The predicted octanol–water partition coefficient (Wildman–Crippen LogP) is 6.05. The number of hydrogen-bond donors (Lipinski definition) is 0. The summed E-state index contributed by atoms with van der Waals surface area (Å²) >= 11 is 0. The smallest absolute Gasteiger partial charge is 0.197 e. The summed E-state index contributed by atoms with van der Waals surface area (Å²) in [7, 11) is 0. The van der Waals surface area contributed by atoms with Crippen LogP contribution in [0.25, 0.3) is 0 Å². The predicted molar refractivity (Wildman–Crippen MR) is 118 cm³/mol. The van der Waals surface area contributed by atoms with Gasteiger partial charge >= 0.3 is 0 Å². The molecule has 1 aliphatic rings. The first kappa shape index (κ1) is 23.1. The molecule has 0 fully saturated rings. The molecule has 29 heavy (non-hydrogen) atoms. The highest BCUT2D eigenvalue weighted by Crippen LogP contribution is 2.45. The topological polar surface area (TPSA) is 35.5 Å². The van der Waals surface area contributed by atoms with Crippen LogP contribution in [0.2, 0.25) is 0 Å². The van der Waals surface area contributed by atoms with Crippen LogP contribution < -0.4 is 0 Å². The van der Waals surface area contributed by atoms with Crippen LogP contribution in [0.3, 0.4) is 0 Å². The van der Waals surface area contributed by atoms with Crippen LogP contribution >= 0.6 is 0 Å². The van der Waals surface area contributed by atoms with Gasteiger partial charge in [-0.1, -0.05) is 71.6 Å². The maximum atomic E-state index is 13.3. The van der Waals surface area contributed by atoms with Gasteiger partial charge in [0.25, 0.3) is 0 Å². The molecule has 0 bridgehead atoms. The zero-order valence-electron chi connectivity index (χ0n) is 19.3. The summed E-state index contributed by atoms with van der Waals surface area (Å²) in [6.07, 6.45) is 3.75. The molecule has 0 spiro atoms. The number of rotatable bonds is 2. The minimum Gasteiger partial charge on any atom is -0.288 e. The van der Waals surface area contributed by atoms with Crippen molar-refractivity contribution < 1.29 is 14.6 Å². The van der Waals surface area contributed by atoms with Gasteiger partial charge in [-0.2, -0.15) is 0 Å². The molecule has 156 valence electrons. The fourth-order valence-electron chi connectivity index (χ4n) is 2.86. The molecule has 1 atom stereocenters. The first-order valence-electron chi connectivity index (χ1n) is 10.1. The largest absolute Gasteiger partial charge is 0.288 e. The highest BCUT2D eigenvalue weighted by atomic mass is 17.2. The standard InChI is InChI=1S/C26H34O3/c1-23(2,3)21-18-26(24(4,5)6,29-28-25(7,8)9)17-20(22(21)27)16-15-19-13-11-10-12-14-19/h10-14,17-18H,1-9H3. The van der Waals surface area contributed by atoms with Crippen LogP contribution in [0.5, 0.6) is 0 Å². The van der Waals surface area contributed by atoms with Crippen LogP contribution in [0, 0.1) is 22.7 Å². The Balaban J connectivity index is 2.64. The molecule has 2 rings (SSSR count). The van der Waals surface area contributed by atoms with Crippen molar-refractivity contribution in [1.82, 2.24) is 0 Å². The molecule has 0 aliphatic heterocycles. The maximum Gasteiger partial charge on any atom is 0.197 e. The zero-order valence-corrected chi connectivity index (χ0v) is 19.3. The molecule has 0 aromatic heterocycles. The van der Waals surface area contributed by atoms with Crippen LogP contribution in [-0.2, 0) is 14.6 Å². The molecule has 3 nitrogen and oxygen atoms in total. The molecule has 0 saturated carbocycles. The Kier molecular flexibility index (Phi) is 6.33. The van der Waals surface area contributed by atoms with Crippen molar-refractivity contribution in [3.63, 3.8) is 0 Å². The van der Waals surface area contributed by atoms with Gasteiger partial charge in [0, 0.05) is 16.6 Å². The van der Waals surface area contributed by atoms with Crippen LogP contribution in [-0.4, -0.2) is 17.0 Å². The van der Waals surface area contributed by atoms with E-state index in [2.05, 4.69) is 32.6 Å². The van der Waals surface area contributed by atoms with E-state index < -0.39 is 11.2 Å². The van der Waals surface area contributed by atoms with Crippen molar-refractivity contribution >= 4 is 5.78 Å². The van der Waals surface area contributed by atoms with Gasteiger partial charge in [-0.3, -0.25) is 4.79 Å². The van der Waals surface area contributed by atoms with Crippen molar-refractivity contribution in [2.24, 2.45) is 10.8 Å². The van der Waals surface area contributed by atoms with E-state index in [1.165, 1.54) is 0 Å². The Labute approximate surface area is 176 Å². The van der Waals surface area contributed by atoms with Crippen LogP contribution in [0.1, 0.15) is 67.9 Å². The molecule has 1 aromatic rings.